The highest BCUT2D eigenvalue weighted by Crippen LogP contribution is 2.50. The molecule has 1 aliphatic heterocycles. The van der Waals surface area contributed by atoms with Gasteiger partial charge in [-0.15, -0.1) is 0 Å². The molecule has 1 aliphatic carbocycles. The Morgan fingerprint density at radius 3 is 2.65 bits per heavy atom. The zero-order valence-electron chi connectivity index (χ0n) is 12.1. The molecule has 0 aromatic heterocycles. The summed E-state index contributed by atoms with van der Waals surface area (Å²) in [4.78, 5) is 22.7. The van der Waals surface area contributed by atoms with Gasteiger partial charge in [0.15, 0.2) is 5.78 Å². The summed E-state index contributed by atoms with van der Waals surface area (Å²) in [5, 5.41) is 20.1. The zero-order chi connectivity index (χ0) is 15.1. The van der Waals surface area contributed by atoms with Crippen molar-refractivity contribution in [3.05, 3.63) is 11.8 Å². The first-order valence-electron chi connectivity index (χ1n) is 7.10. The van der Waals surface area contributed by atoms with E-state index in [1.54, 1.807) is 6.92 Å². The molecule has 2 aliphatic rings. The van der Waals surface area contributed by atoms with E-state index in [0.717, 1.165) is 6.42 Å². The van der Waals surface area contributed by atoms with E-state index < -0.39 is 23.6 Å². The van der Waals surface area contributed by atoms with Gasteiger partial charge in [0.25, 0.3) is 0 Å². The number of Topliss-reactive ketones (excluding diaryl/α,β-unsaturated/α-hetero) is 1. The second kappa shape index (κ2) is 5.20. The van der Waals surface area contributed by atoms with Crippen molar-refractivity contribution in [3.63, 3.8) is 0 Å². The second-order valence-electron chi connectivity index (χ2n) is 6.17. The van der Waals surface area contributed by atoms with Crippen LogP contribution in [0.3, 0.4) is 0 Å². The van der Waals surface area contributed by atoms with E-state index in [0.29, 0.717) is 18.4 Å². The van der Waals surface area contributed by atoms with Crippen molar-refractivity contribution >= 4 is 11.8 Å². The van der Waals surface area contributed by atoms with Crippen molar-refractivity contribution < 1.29 is 24.5 Å². The van der Waals surface area contributed by atoms with Crippen LogP contribution >= 0.6 is 0 Å². The Balaban J connectivity index is 2.34. The van der Waals surface area contributed by atoms with E-state index >= 15 is 0 Å². The lowest BCUT2D eigenvalue weighted by Crippen LogP contribution is -2.56. The van der Waals surface area contributed by atoms with Crippen molar-refractivity contribution in [2.75, 3.05) is 0 Å². The summed E-state index contributed by atoms with van der Waals surface area (Å²) < 4.78 is 5.51. The van der Waals surface area contributed by atoms with Crippen molar-refractivity contribution in [2.45, 2.75) is 45.8 Å². The van der Waals surface area contributed by atoms with Crippen molar-refractivity contribution in [3.8, 4) is 0 Å². The van der Waals surface area contributed by atoms with Gasteiger partial charge in [-0.25, -0.2) is 0 Å². The van der Waals surface area contributed by atoms with Crippen molar-refractivity contribution in [2.24, 2.45) is 23.7 Å². The Morgan fingerprint density at radius 1 is 1.45 bits per heavy atom. The number of allylic oxidation sites excluding steroid dienone is 1. The summed E-state index contributed by atoms with van der Waals surface area (Å²) in [6, 6.07) is 0. The number of aliphatic hydroxyl groups is 1. The number of rotatable bonds is 3. The third-order valence-electron chi connectivity index (χ3n) is 4.96. The standard InChI is InChI=1S/C15H22O5/c1-8-4-5-12(9(2)14(17)18)15(19)13(8)6-11(7-20-15)10(3)16/h7-9,12-13,19H,4-6H2,1-3H3,(H,17,18)/t8?,9-,12?,13?,15?/m0/s1. The quantitative estimate of drug-likeness (QED) is 0.826. The molecule has 0 bridgehead atoms. The Labute approximate surface area is 118 Å². The van der Waals surface area contributed by atoms with Crippen LogP contribution in [0.15, 0.2) is 11.8 Å². The van der Waals surface area contributed by atoms with Crippen LogP contribution in [0.1, 0.15) is 40.0 Å². The van der Waals surface area contributed by atoms with Gasteiger partial charge in [-0.3, -0.25) is 9.59 Å². The van der Waals surface area contributed by atoms with Crippen LogP contribution in [-0.4, -0.2) is 27.8 Å². The fourth-order valence-corrected chi connectivity index (χ4v) is 3.51. The van der Waals surface area contributed by atoms with Gasteiger partial charge in [-0.1, -0.05) is 13.8 Å². The van der Waals surface area contributed by atoms with Gasteiger partial charge in [-0.2, -0.15) is 0 Å². The highest BCUT2D eigenvalue weighted by Gasteiger charge is 2.55. The predicted octanol–water partition coefficient (Wildman–Crippen LogP) is 1.95. The lowest BCUT2D eigenvalue weighted by molar-refractivity contribution is -0.280. The average Bonchev–Trinajstić information content (AvgIpc) is 2.37. The molecule has 1 saturated carbocycles. The summed E-state index contributed by atoms with van der Waals surface area (Å²) in [6.45, 7) is 5.10. The van der Waals surface area contributed by atoms with Gasteiger partial charge < -0.3 is 14.9 Å². The summed E-state index contributed by atoms with van der Waals surface area (Å²) >= 11 is 0. The van der Waals surface area contributed by atoms with E-state index in [4.69, 9.17) is 4.74 Å². The smallest absolute Gasteiger partial charge is 0.306 e. The molecular formula is C15H22O5. The number of fused-ring (bicyclic) bond motifs is 1. The monoisotopic (exact) mass is 282 g/mol. The highest BCUT2D eigenvalue weighted by molar-refractivity contribution is 5.93. The largest absolute Gasteiger partial charge is 0.481 e. The fraction of sp³-hybridized carbons (Fsp3) is 0.733. The zero-order valence-corrected chi connectivity index (χ0v) is 12.1. The van der Waals surface area contributed by atoms with E-state index in [9.17, 15) is 19.8 Å². The fourth-order valence-electron chi connectivity index (χ4n) is 3.51. The summed E-state index contributed by atoms with van der Waals surface area (Å²) in [5.74, 6) is -3.64. The molecule has 112 valence electrons. The summed E-state index contributed by atoms with van der Waals surface area (Å²) in [5.41, 5.74) is 0.565. The molecule has 5 nitrogen and oxygen atoms in total. The van der Waals surface area contributed by atoms with Gasteiger partial charge in [-0.05, 0) is 32.1 Å². The summed E-state index contributed by atoms with van der Waals surface area (Å²) in [7, 11) is 0. The van der Waals surface area contributed by atoms with Crippen LogP contribution in [0.2, 0.25) is 0 Å². The Morgan fingerprint density at radius 2 is 2.10 bits per heavy atom. The minimum atomic E-state index is -1.48. The molecule has 0 aromatic rings. The lowest BCUT2D eigenvalue weighted by atomic mass is 9.63. The molecule has 2 rings (SSSR count). The number of ether oxygens (including phenoxy) is 1. The Kier molecular flexibility index (Phi) is 3.91. The third-order valence-corrected chi connectivity index (χ3v) is 4.96. The molecule has 0 saturated heterocycles. The van der Waals surface area contributed by atoms with Crippen molar-refractivity contribution in [1.29, 1.82) is 0 Å². The first-order chi connectivity index (χ1) is 9.27. The summed E-state index contributed by atoms with van der Waals surface area (Å²) in [6.07, 6.45) is 3.23. The third kappa shape index (κ3) is 2.35. The van der Waals surface area contributed by atoms with Gasteiger partial charge in [0.2, 0.25) is 5.79 Å². The normalized spacial score (nSPS) is 38.2. The first kappa shape index (κ1) is 15.0. The second-order valence-corrected chi connectivity index (χ2v) is 6.17. The van der Waals surface area contributed by atoms with E-state index in [-0.39, 0.29) is 17.6 Å². The molecule has 1 fully saturated rings. The molecule has 5 atom stereocenters. The van der Waals surface area contributed by atoms with Gasteiger partial charge in [0.1, 0.15) is 0 Å². The number of hydrogen-bond acceptors (Lipinski definition) is 4. The number of carboxylic acid groups (broad SMARTS) is 1. The molecule has 0 spiro atoms. The van der Waals surface area contributed by atoms with Crippen LogP contribution in [0, 0.1) is 23.7 Å². The molecule has 4 unspecified atom stereocenters. The number of hydrogen-bond donors (Lipinski definition) is 2. The number of carbonyl (C=O) groups is 2. The first-order valence-corrected chi connectivity index (χ1v) is 7.10. The number of carbonyl (C=O) groups excluding carboxylic acids is 1. The van der Waals surface area contributed by atoms with E-state index in [1.165, 1.54) is 13.2 Å². The maximum absolute atomic E-state index is 11.5. The van der Waals surface area contributed by atoms with E-state index in [1.807, 2.05) is 6.92 Å². The molecule has 0 amide bonds. The minimum Gasteiger partial charge on any atom is -0.481 e. The van der Waals surface area contributed by atoms with E-state index in [2.05, 4.69) is 0 Å². The molecule has 2 N–H and O–H groups in total. The SMILES string of the molecule is CC(=O)C1=COC2(O)C(C1)C(C)CCC2[C@H](C)C(=O)O. The molecule has 5 heteroatoms. The molecule has 20 heavy (non-hydrogen) atoms. The maximum atomic E-state index is 11.5. The Hall–Kier alpha value is -1.36. The lowest BCUT2D eigenvalue weighted by Gasteiger charge is -2.50. The number of carboxylic acids is 1. The van der Waals surface area contributed by atoms with Gasteiger partial charge >= 0.3 is 5.97 Å². The minimum absolute atomic E-state index is 0.0624. The maximum Gasteiger partial charge on any atom is 0.306 e. The molecule has 0 aromatic carbocycles. The number of aliphatic carboxylic acids is 1. The van der Waals surface area contributed by atoms with Crippen molar-refractivity contribution in [1.82, 2.24) is 0 Å². The van der Waals surface area contributed by atoms with Crippen LogP contribution in [0.5, 0.6) is 0 Å². The predicted molar refractivity (Wildman–Crippen MR) is 71.6 cm³/mol. The Bertz CT molecular complexity index is 455. The molecule has 0 radical (unpaired) electrons. The molecular weight excluding hydrogens is 260 g/mol. The number of ketones is 1. The topological polar surface area (TPSA) is 83.8 Å². The van der Waals surface area contributed by atoms with Gasteiger partial charge in [0.05, 0.1) is 12.2 Å². The van der Waals surface area contributed by atoms with Crippen LogP contribution in [0.4, 0.5) is 0 Å². The molecule has 1 heterocycles. The van der Waals surface area contributed by atoms with Crippen LogP contribution in [-0.2, 0) is 14.3 Å². The van der Waals surface area contributed by atoms with Crippen LogP contribution < -0.4 is 0 Å². The average molecular weight is 282 g/mol. The van der Waals surface area contributed by atoms with Gasteiger partial charge in [0, 0.05) is 17.4 Å². The highest BCUT2D eigenvalue weighted by atomic mass is 16.6. The van der Waals surface area contributed by atoms with Crippen LogP contribution in [0.25, 0.3) is 0 Å².